The normalized spacial score (nSPS) is 13.0. The summed E-state index contributed by atoms with van der Waals surface area (Å²) in [6.07, 6.45) is 0. The van der Waals surface area contributed by atoms with Crippen LogP contribution in [0.3, 0.4) is 0 Å². The molecule has 0 atom stereocenters. The summed E-state index contributed by atoms with van der Waals surface area (Å²) in [4.78, 5) is 17.1. The number of amides is 1. The Kier molecular flexibility index (Phi) is 4.18. The van der Waals surface area contributed by atoms with Gasteiger partial charge in [0, 0.05) is 17.1 Å². The van der Waals surface area contributed by atoms with Crippen LogP contribution >= 0.6 is 0 Å². The number of nitrogens with zero attached hydrogens (tertiary/aromatic N) is 1. The van der Waals surface area contributed by atoms with Crippen LogP contribution < -0.4 is 14.8 Å². The zero-order valence-electron chi connectivity index (χ0n) is 14.0. The Hall–Kier alpha value is -3.48. The highest BCUT2D eigenvalue weighted by Crippen LogP contribution is 2.34. The third kappa shape index (κ3) is 3.32. The fraction of sp³-hybridized carbons (Fsp3) is 0.158. The summed E-state index contributed by atoms with van der Waals surface area (Å²) in [5.74, 6) is 1.53. The monoisotopic (exact) mass is 352 g/mol. The standard InChI is InChI=1S/C19H16N2O5/c1-12(17-8-13-4-2-3-5-15(13)26-17)21-25-10-19(22)20-14-6-7-16-18(9-14)24-11-23-16/h2-9H,10-11H2,1H3,(H,20,22)/b21-12+. The number of oxime groups is 1. The first kappa shape index (κ1) is 16.0. The summed E-state index contributed by atoms with van der Waals surface area (Å²) in [6, 6.07) is 14.7. The zero-order valence-corrected chi connectivity index (χ0v) is 14.0. The SMILES string of the molecule is C/C(=N\OCC(=O)Nc1ccc2c(c1)OCO2)c1cc2ccccc2o1. The van der Waals surface area contributed by atoms with E-state index in [1.165, 1.54) is 0 Å². The van der Waals surface area contributed by atoms with Crippen LogP contribution in [-0.2, 0) is 9.63 Å². The van der Waals surface area contributed by atoms with Crippen molar-refractivity contribution in [1.29, 1.82) is 0 Å². The molecule has 7 nitrogen and oxygen atoms in total. The van der Waals surface area contributed by atoms with Crippen LogP contribution in [-0.4, -0.2) is 25.0 Å². The van der Waals surface area contributed by atoms with Crippen LogP contribution in [0.4, 0.5) is 5.69 Å². The van der Waals surface area contributed by atoms with Crippen LogP contribution in [0, 0.1) is 0 Å². The van der Waals surface area contributed by atoms with E-state index in [-0.39, 0.29) is 19.3 Å². The molecule has 0 saturated heterocycles. The van der Waals surface area contributed by atoms with Crippen molar-refractivity contribution in [3.05, 3.63) is 54.3 Å². The Balaban J connectivity index is 1.34. The van der Waals surface area contributed by atoms with Gasteiger partial charge in [-0.25, -0.2) is 0 Å². The highest BCUT2D eigenvalue weighted by molar-refractivity contribution is 5.99. The van der Waals surface area contributed by atoms with Gasteiger partial charge in [-0.15, -0.1) is 0 Å². The fourth-order valence-corrected chi connectivity index (χ4v) is 2.56. The Bertz CT molecular complexity index is 960. The first-order valence-corrected chi connectivity index (χ1v) is 8.04. The molecule has 26 heavy (non-hydrogen) atoms. The van der Waals surface area contributed by atoms with E-state index in [9.17, 15) is 4.79 Å². The van der Waals surface area contributed by atoms with Gasteiger partial charge in [0.1, 0.15) is 11.3 Å². The average molecular weight is 352 g/mol. The number of rotatable bonds is 5. The van der Waals surface area contributed by atoms with Crippen LogP contribution in [0.2, 0.25) is 0 Å². The maximum absolute atomic E-state index is 12.0. The Morgan fingerprint density at radius 3 is 2.88 bits per heavy atom. The van der Waals surface area contributed by atoms with Crippen LogP contribution in [0.15, 0.2) is 58.1 Å². The number of carbonyl (C=O) groups excluding carboxylic acids is 1. The lowest BCUT2D eigenvalue weighted by Crippen LogP contribution is -2.17. The van der Waals surface area contributed by atoms with E-state index in [0.717, 1.165) is 11.0 Å². The van der Waals surface area contributed by atoms with Crippen molar-refractivity contribution in [2.75, 3.05) is 18.7 Å². The minimum absolute atomic E-state index is 0.186. The number of hydrogen-bond acceptors (Lipinski definition) is 6. The van der Waals surface area contributed by atoms with Crippen molar-refractivity contribution >= 4 is 28.3 Å². The van der Waals surface area contributed by atoms with Crippen LogP contribution in [0.25, 0.3) is 11.0 Å². The van der Waals surface area contributed by atoms with Gasteiger partial charge in [-0.2, -0.15) is 0 Å². The number of nitrogens with one attached hydrogen (secondary N) is 1. The maximum atomic E-state index is 12.0. The smallest absolute Gasteiger partial charge is 0.265 e. The summed E-state index contributed by atoms with van der Waals surface area (Å²) in [7, 11) is 0. The van der Waals surface area contributed by atoms with Crippen molar-refractivity contribution in [2.45, 2.75) is 6.92 Å². The lowest BCUT2D eigenvalue weighted by molar-refractivity contribution is -0.120. The number of para-hydroxylation sites is 1. The predicted octanol–water partition coefficient (Wildman–Crippen LogP) is 3.54. The molecule has 0 fully saturated rings. The van der Waals surface area contributed by atoms with Crippen LogP contribution in [0.5, 0.6) is 11.5 Å². The van der Waals surface area contributed by atoms with E-state index in [1.807, 2.05) is 30.3 Å². The van der Waals surface area contributed by atoms with Crippen molar-refractivity contribution < 1.29 is 23.5 Å². The van der Waals surface area contributed by atoms with Gasteiger partial charge in [-0.3, -0.25) is 4.79 Å². The number of hydrogen-bond donors (Lipinski definition) is 1. The molecular weight excluding hydrogens is 336 g/mol. The summed E-state index contributed by atoms with van der Waals surface area (Å²) < 4.78 is 16.2. The summed E-state index contributed by atoms with van der Waals surface area (Å²) in [5, 5.41) is 7.64. The molecule has 0 aliphatic carbocycles. The molecule has 1 aliphatic rings. The highest BCUT2D eigenvalue weighted by atomic mass is 16.7. The van der Waals surface area contributed by atoms with Crippen molar-refractivity contribution in [3.63, 3.8) is 0 Å². The second kappa shape index (κ2) is 6.79. The van der Waals surface area contributed by atoms with Gasteiger partial charge in [0.05, 0.1) is 0 Å². The van der Waals surface area contributed by atoms with Crippen molar-refractivity contribution in [3.8, 4) is 11.5 Å². The maximum Gasteiger partial charge on any atom is 0.265 e. The summed E-state index contributed by atoms with van der Waals surface area (Å²) in [6.45, 7) is 1.73. The molecule has 0 unspecified atom stereocenters. The Morgan fingerprint density at radius 1 is 1.15 bits per heavy atom. The van der Waals surface area contributed by atoms with E-state index in [0.29, 0.717) is 28.7 Å². The third-order valence-corrected chi connectivity index (χ3v) is 3.84. The van der Waals surface area contributed by atoms with E-state index in [2.05, 4.69) is 10.5 Å². The van der Waals surface area contributed by atoms with Gasteiger partial charge in [0.25, 0.3) is 5.91 Å². The third-order valence-electron chi connectivity index (χ3n) is 3.84. The van der Waals surface area contributed by atoms with E-state index in [1.54, 1.807) is 25.1 Å². The molecule has 1 amide bonds. The molecular formula is C19H16N2O5. The average Bonchev–Trinajstić information content (AvgIpc) is 3.27. The van der Waals surface area contributed by atoms with Gasteiger partial charge in [-0.1, -0.05) is 23.4 Å². The quantitative estimate of drug-likeness (QED) is 0.561. The topological polar surface area (TPSA) is 82.3 Å². The molecule has 4 rings (SSSR count). The fourth-order valence-electron chi connectivity index (χ4n) is 2.56. The van der Waals surface area contributed by atoms with Gasteiger partial charge in [0.15, 0.2) is 23.9 Å². The summed E-state index contributed by atoms with van der Waals surface area (Å²) >= 11 is 0. The lowest BCUT2D eigenvalue weighted by Gasteiger charge is -2.05. The zero-order chi connectivity index (χ0) is 17.9. The van der Waals surface area contributed by atoms with Gasteiger partial charge in [0.2, 0.25) is 6.79 Å². The molecule has 1 N–H and O–H groups in total. The number of ether oxygens (including phenoxy) is 2. The second-order valence-corrected chi connectivity index (χ2v) is 5.71. The van der Waals surface area contributed by atoms with Crippen molar-refractivity contribution in [2.24, 2.45) is 5.16 Å². The molecule has 7 heteroatoms. The largest absolute Gasteiger partial charge is 0.455 e. The number of furan rings is 1. The predicted molar refractivity (Wildman–Crippen MR) is 95.6 cm³/mol. The molecule has 0 bridgehead atoms. The number of fused-ring (bicyclic) bond motifs is 2. The molecule has 132 valence electrons. The Morgan fingerprint density at radius 2 is 2.00 bits per heavy atom. The van der Waals surface area contributed by atoms with Crippen LogP contribution in [0.1, 0.15) is 12.7 Å². The van der Waals surface area contributed by atoms with E-state index < -0.39 is 0 Å². The Labute approximate surface area is 149 Å². The first-order chi connectivity index (χ1) is 12.7. The molecule has 1 aromatic heterocycles. The molecule has 1 aliphatic heterocycles. The number of benzene rings is 2. The number of carbonyl (C=O) groups is 1. The van der Waals surface area contributed by atoms with Gasteiger partial charge in [-0.05, 0) is 31.2 Å². The minimum Gasteiger partial charge on any atom is -0.455 e. The molecule has 2 aromatic carbocycles. The minimum atomic E-state index is -0.329. The number of anilines is 1. The van der Waals surface area contributed by atoms with Gasteiger partial charge >= 0.3 is 0 Å². The van der Waals surface area contributed by atoms with E-state index in [4.69, 9.17) is 18.7 Å². The van der Waals surface area contributed by atoms with Gasteiger partial charge < -0.3 is 24.0 Å². The lowest BCUT2D eigenvalue weighted by atomic mass is 10.2. The molecule has 0 spiro atoms. The molecule has 0 radical (unpaired) electrons. The molecule has 0 saturated carbocycles. The second-order valence-electron chi connectivity index (χ2n) is 5.71. The highest BCUT2D eigenvalue weighted by Gasteiger charge is 2.14. The summed E-state index contributed by atoms with van der Waals surface area (Å²) in [5.41, 5.74) is 1.93. The van der Waals surface area contributed by atoms with Crippen molar-refractivity contribution in [1.82, 2.24) is 0 Å². The molecule has 2 heterocycles. The molecule has 3 aromatic rings. The first-order valence-electron chi connectivity index (χ1n) is 8.04. The van der Waals surface area contributed by atoms with E-state index >= 15 is 0 Å².